The van der Waals surface area contributed by atoms with Crippen molar-refractivity contribution >= 4 is 15.9 Å². The number of carbonyl (C=O) groups is 1. The normalized spacial score (nSPS) is 11.6. The molecule has 0 atom stereocenters. The lowest BCUT2D eigenvalue weighted by Gasteiger charge is -2.18. The Morgan fingerprint density at radius 1 is 1.08 bits per heavy atom. The molecule has 0 aliphatic carbocycles. The third kappa shape index (κ3) is 4.22. The van der Waals surface area contributed by atoms with Crippen LogP contribution in [-0.2, 0) is 21.4 Å². The number of benzene rings is 2. The van der Waals surface area contributed by atoms with Crippen molar-refractivity contribution in [2.45, 2.75) is 11.4 Å². The third-order valence-electron chi connectivity index (χ3n) is 3.71. The molecule has 2 rings (SSSR count). The predicted octanol–water partition coefficient (Wildman–Crippen LogP) is 2.28. The van der Waals surface area contributed by atoms with E-state index < -0.39 is 10.0 Å². The summed E-state index contributed by atoms with van der Waals surface area (Å²) >= 11 is 0. The Labute approximate surface area is 146 Å². The van der Waals surface area contributed by atoms with E-state index in [1.54, 1.807) is 25.2 Å². The van der Waals surface area contributed by atoms with Crippen LogP contribution in [0, 0.1) is 5.82 Å². The largest absolute Gasteiger partial charge is 0.337 e. The van der Waals surface area contributed by atoms with E-state index in [1.807, 2.05) is 0 Å². The van der Waals surface area contributed by atoms with Crippen molar-refractivity contribution < 1.29 is 22.4 Å². The molecule has 1 amide bonds. The van der Waals surface area contributed by atoms with Gasteiger partial charge in [-0.2, -0.15) is 0 Å². The molecule has 0 radical (unpaired) electrons. The number of hydrogen-bond donors (Lipinski definition) is 0. The Kier molecular flexibility index (Phi) is 5.89. The maximum absolute atomic E-state index is 13.7. The first-order valence-corrected chi connectivity index (χ1v) is 8.83. The number of nitrogens with zero attached hydrogens (tertiary/aromatic N) is 2. The molecule has 6 nitrogen and oxygen atoms in total. The summed E-state index contributed by atoms with van der Waals surface area (Å²) in [4.78, 5) is 18.5. The summed E-state index contributed by atoms with van der Waals surface area (Å²) in [6.45, 7) is 0.109. The number of halogens is 1. The fourth-order valence-corrected chi connectivity index (χ4v) is 3.16. The van der Waals surface area contributed by atoms with Crippen molar-refractivity contribution in [1.82, 2.24) is 9.37 Å². The van der Waals surface area contributed by atoms with Gasteiger partial charge in [0, 0.05) is 31.8 Å². The highest BCUT2D eigenvalue weighted by Gasteiger charge is 2.21. The molecule has 0 bridgehead atoms. The first-order valence-electron chi connectivity index (χ1n) is 7.39. The fourth-order valence-electron chi connectivity index (χ4n) is 2.19. The summed E-state index contributed by atoms with van der Waals surface area (Å²) in [6.07, 6.45) is 0. The van der Waals surface area contributed by atoms with Gasteiger partial charge < -0.3 is 4.90 Å². The van der Waals surface area contributed by atoms with Crippen LogP contribution in [0.5, 0.6) is 0 Å². The number of amides is 1. The second-order valence-electron chi connectivity index (χ2n) is 5.37. The summed E-state index contributed by atoms with van der Waals surface area (Å²) in [5.41, 5.74) is 0.706. The Hall–Kier alpha value is -2.29. The van der Waals surface area contributed by atoms with Crippen LogP contribution in [0.3, 0.4) is 0 Å². The minimum Gasteiger partial charge on any atom is -0.337 e. The van der Waals surface area contributed by atoms with Crippen molar-refractivity contribution in [3.05, 3.63) is 65.5 Å². The van der Waals surface area contributed by atoms with Crippen LogP contribution in [0.4, 0.5) is 4.39 Å². The number of hydrogen-bond acceptors (Lipinski definition) is 4. The topological polar surface area (TPSA) is 66.9 Å². The molecule has 0 unspecified atom stereocenters. The first-order chi connectivity index (χ1) is 11.8. The molecule has 0 aromatic heterocycles. The molecular formula is C17H19FN2O4S. The van der Waals surface area contributed by atoms with Gasteiger partial charge in [-0.1, -0.05) is 22.7 Å². The Morgan fingerprint density at radius 3 is 2.24 bits per heavy atom. The molecule has 0 spiro atoms. The molecular weight excluding hydrogens is 347 g/mol. The molecule has 0 N–H and O–H groups in total. The van der Waals surface area contributed by atoms with Gasteiger partial charge >= 0.3 is 0 Å². The smallest absolute Gasteiger partial charge is 0.264 e. The predicted molar refractivity (Wildman–Crippen MR) is 90.6 cm³/mol. The molecule has 0 heterocycles. The second kappa shape index (κ2) is 7.73. The van der Waals surface area contributed by atoms with Gasteiger partial charge in [0.25, 0.3) is 15.9 Å². The van der Waals surface area contributed by atoms with Crippen LogP contribution in [-0.4, -0.2) is 44.9 Å². The highest BCUT2D eigenvalue weighted by molar-refractivity contribution is 7.89. The maximum atomic E-state index is 13.7. The van der Waals surface area contributed by atoms with Crippen molar-refractivity contribution in [2.24, 2.45) is 0 Å². The maximum Gasteiger partial charge on any atom is 0.264 e. The van der Waals surface area contributed by atoms with E-state index in [0.29, 0.717) is 11.1 Å². The first kappa shape index (κ1) is 19.0. The molecule has 0 aliphatic heterocycles. The fraction of sp³-hybridized carbons (Fsp3) is 0.235. The quantitative estimate of drug-likeness (QED) is 0.736. The van der Waals surface area contributed by atoms with Crippen molar-refractivity contribution in [3.63, 3.8) is 0 Å². The lowest BCUT2D eigenvalue weighted by Crippen LogP contribution is -2.27. The average Bonchev–Trinajstić information content (AvgIpc) is 2.62. The van der Waals surface area contributed by atoms with Gasteiger partial charge in [0.05, 0.1) is 12.0 Å². The number of carbonyl (C=O) groups excluding carboxylic acids is 1. The van der Waals surface area contributed by atoms with E-state index in [0.717, 1.165) is 4.47 Å². The van der Waals surface area contributed by atoms with Gasteiger partial charge in [-0.05, 0) is 30.3 Å². The molecule has 0 saturated carbocycles. The Bertz CT molecular complexity index is 853. The van der Waals surface area contributed by atoms with Gasteiger partial charge in [0.1, 0.15) is 5.82 Å². The zero-order chi connectivity index (χ0) is 18.6. The van der Waals surface area contributed by atoms with Crippen LogP contribution in [0.1, 0.15) is 15.9 Å². The minimum absolute atomic E-state index is 0.00477. The summed E-state index contributed by atoms with van der Waals surface area (Å²) in [6, 6.07) is 11.7. The van der Waals surface area contributed by atoms with Crippen LogP contribution < -0.4 is 0 Å². The standard InChI is InChI=1S/C17H19FN2O4S/c1-19(12-14-6-4-5-7-16(14)18)17(21)13-8-10-15(11-9-13)25(22,23)20(2)24-3/h4-11H,12H2,1-3H3. The molecule has 0 aliphatic rings. The molecule has 0 saturated heterocycles. The van der Waals surface area contributed by atoms with Crippen molar-refractivity contribution in [1.29, 1.82) is 0 Å². The summed E-state index contributed by atoms with van der Waals surface area (Å²) in [7, 11) is 0.302. The van der Waals surface area contributed by atoms with Crippen molar-refractivity contribution in [3.8, 4) is 0 Å². The van der Waals surface area contributed by atoms with E-state index in [9.17, 15) is 17.6 Å². The summed E-state index contributed by atoms with van der Waals surface area (Å²) in [5, 5.41) is 0. The Morgan fingerprint density at radius 2 is 1.68 bits per heavy atom. The van der Waals surface area contributed by atoms with Crippen molar-refractivity contribution in [2.75, 3.05) is 21.2 Å². The van der Waals surface area contributed by atoms with Crippen LogP contribution in [0.2, 0.25) is 0 Å². The third-order valence-corrected chi connectivity index (χ3v) is 5.40. The van der Waals surface area contributed by atoms with Gasteiger partial charge in [-0.3, -0.25) is 9.63 Å². The number of rotatable bonds is 6. The monoisotopic (exact) mass is 366 g/mol. The van der Waals surface area contributed by atoms with Gasteiger partial charge in [-0.15, -0.1) is 0 Å². The average molecular weight is 366 g/mol. The summed E-state index contributed by atoms with van der Waals surface area (Å²) < 4.78 is 38.7. The molecule has 0 fully saturated rings. The molecule has 25 heavy (non-hydrogen) atoms. The summed E-state index contributed by atoms with van der Waals surface area (Å²) in [5.74, 6) is -0.724. The van der Waals surface area contributed by atoms with Crippen LogP contribution in [0.15, 0.2) is 53.4 Å². The molecule has 2 aromatic carbocycles. The van der Waals surface area contributed by atoms with E-state index >= 15 is 0 Å². The van der Waals surface area contributed by atoms with E-state index in [1.165, 1.54) is 49.4 Å². The highest BCUT2D eigenvalue weighted by atomic mass is 32.2. The zero-order valence-electron chi connectivity index (χ0n) is 14.1. The van der Waals surface area contributed by atoms with E-state index in [-0.39, 0.29) is 23.2 Å². The van der Waals surface area contributed by atoms with Gasteiger partial charge in [0.2, 0.25) is 0 Å². The van der Waals surface area contributed by atoms with E-state index in [4.69, 9.17) is 4.84 Å². The molecule has 8 heteroatoms. The van der Waals surface area contributed by atoms with Crippen LogP contribution in [0.25, 0.3) is 0 Å². The zero-order valence-corrected chi connectivity index (χ0v) is 15.0. The number of hydroxylamine groups is 1. The number of sulfonamides is 1. The highest BCUT2D eigenvalue weighted by Crippen LogP contribution is 2.17. The SMILES string of the molecule is CON(C)S(=O)(=O)c1ccc(C(=O)N(C)Cc2ccccc2F)cc1. The second-order valence-corrected chi connectivity index (χ2v) is 7.31. The van der Waals surface area contributed by atoms with Crippen LogP contribution >= 0.6 is 0 Å². The lowest BCUT2D eigenvalue weighted by atomic mass is 10.1. The minimum atomic E-state index is -3.77. The lowest BCUT2D eigenvalue weighted by molar-refractivity contribution is -0.0258. The van der Waals surface area contributed by atoms with Gasteiger partial charge in [-0.25, -0.2) is 12.8 Å². The molecule has 2 aromatic rings. The van der Waals surface area contributed by atoms with Gasteiger partial charge in [0.15, 0.2) is 0 Å². The molecule has 134 valence electrons. The Balaban J connectivity index is 2.16. The van der Waals surface area contributed by atoms with E-state index in [2.05, 4.69) is 0 Å².